The zero-order chi connectivity index (χ0) is 10.1. The second-order valence-corrected chi connectivity index (χ2v) is 4.57. The third-order valence-corrected chi connectivity index (χ3v) is 3.35. The fourth-order valence-corrected chi connectivity index (χ4v) is 1.99. The number of aliphatic hydroxyl groups excluding tert-OH is 2. The lowest BCUT2D eigenvalue weighted by Crippen LogP contribution is -2.43. The molecule has 1 aliphatic rings. The summed E-state index contributed by atoms with van der Waals surface area (Å²) in [5, 5.41) is 28.4. The summed E-state index contributed by atoms with van der Waals surface area (Å²) in [6.45, 7) is 3.44. The summed E-state index contributed by atoms with van der Waals surface area (Å²) in [7, 11) is 0. The van der Waals surface area contributed by atoms with Gasteiger partial charge in [-0.05, 0) is 38.0 Å². The third-order valence-electron chi connectivity index (χ3n) is 3.35. The Labute approximate surface area is 79.4 Å². The van der Waals surface area contributed by atoms with Crippen LogP contribution in [0.25, 0.3) is 0 Å². The molecule has 0 aromatic carbocycles. The molecule has 0 saturated heterocycles. The van der Waals surface area contributed by atoms with Crippen molar-refractivity contribution in [1.82, 2.24) is 0 Å². The van der Waals surface area contributed by atoms with Crippen molar-refractivity contribution in [3.05, 3.63) is 0 Å². The van der Waals surface area contributed by atoms with Crippen LogP contribution in [0.3, 0.4) is 0 Å². The summed E-state index contributed by atoms with van der Waals surface area (Å²) < 4.78 is 0. The van der Waals surface area contributed by atoms with Crippen molar-refractivity contribution in [2.24, 2.45) is 11.8 Å². The zero-order valence-corrected chi connectivity index (χ0v) is 8.40. The van der Waals surface area contributed by atoms with Gasteiger partial charge in [0.25, 0.3) is 0 Å². The average molecular weight is 188 g/mol. The molecule has 3 heteroatoms. The minimum atomic E-state index is -1.03. The van der Waals surface area contributed by atoms with Crippen LogP contribution in [-0.4, -0.2) is 33.6 Å². The van der Waals surface area contributed by atoms with Gasteiger partial charge in [-0.3, -0.25) is 0 Å². The molecule has 0 aromatic heterocycles. The van der Waals surface area contributed by atoms with Crippen LogP contribution >= 0.6 is 0 Å². The Morgan fingerprint density at radius 1 is 1.38 bits per heavy atom. The van der Waals surface area contributed by atoms with Crippen LogP contribution in [0, 0.1) is 11.8 Å². The SMILES string of the molecule is C[C@@H]1CC[C@@H]([C@@](C)(O)CO)C[C@@H]1O. The summed E-state index contributed by atoms with van der Waals surface area (Å²) in [6.07, 6.45) is 2.11. The van der Waals surface area contributed by atoms with Crippen molar-refractivity contribution in [2.45, 2.75) is 44.8 Å². The summed E-state index contributed by atoms with van der Waals surface area (Å²) >= 11 is 0. The number of hydrogen-bond acceptors (Lipinski definition) is 3. The second kappa shape index (κ2) is 3.95. The van der Waals surface area contributed by atoms with Crippen LogP contribution in [0.5, 0.6) is 0 Å². The first-order chi connectivity index (χ1) is 5.97. The molecule has 4 atom stereocenters. The maximum absolute atomic E-state index is 9.79. The van der Waals surface area contributed by atoms with E-state index in [0.717, 1.165) is 12.8 Å². The lowest BCUT2D eigenvalue weighted by Gasteiger charge is -2.38. The highest BCUT2D eigenvalue weighted by molar-refractivity contribution is 4.88. The van der Waals surface area contributed by atoms with E-state index in [0.29, 0.717) is 12.3 Å². The Kier molecular flexibility index (Phi) is 3.33. The summed E-state index contributed by atoms with van der Waals surface area (Å²) in [6, 6.07) is 0. The molecule has 1 saturated carbocycles. The number of rotatable bonds is 2. The molecule has 0 spiro atoms. The molecule has 0 aromatic rings. The van der Waals surface area contributed by atoms with Crippen LogP contribution < -0.4 is 0 Å². The molecular weight excluding hydrogens is 168 g/mol. The first-order valence-corrected chi connectivity index (χ1v) is 4.98. The molecule has 3 N–H and O–H groups in total. The topological polar surface area (TPSA) is 60.7 Å². The van der Waals surface area contributed by atoms with Gasteiger partial charge in [0, 0.05) is 0 Å². The highest BCUT2D eigenvalue weighted by atomic mass is 16.3. The Bertz CT molecular complexity index is 168. The molecule has 78 valence electrons. The van der Waals surface area contributed by atoms with Gasteiger partial charge in [0.2, 0.25) is 0 Å². The van der Waals surface area contributed by atoms with E-state index in [2.05, 4.69) is 0 Å². The first kappa shape index (κ1) is 11.0. The highest BCUT2D eigenvalue weighted by Crippen LogP contribution is 2.35. The molecule has 0 bridgehead atoms. The van der Waals surface area contributed by atoms with Gasteiger partial charge in [-0.1, -0.05) is 6.92 Å². The van der Waals surface area contributed by atoms with Crippen molar-refractivity contribution < 1.29 is 15.3 Å². The van der Waals surface area contributed by atoms with Crippen LogP contribution in [0.1, 0.15) is 33.1 Å². The lowest BCUT2D eigenvalue weighted by atomic mass is 9.73. The maximum atomic E-state index is 9.79. The van der Waals surface area contributed by atoms with Crippen LogP contribution in [0.2, 0.25) is 0 Å². The molecule has 13 heavy (non-hydrogen) atoms. The van der Waals surface area contributed by atoms with Gasteiger partial charge in [-0.25, -0.2) is 0 Å². The van der Waals surface area contributed by atoms with Gasteiger partial charge in [-0.2, -0.15) is 0 Å². The molecule has 1 aliphatic carbocycles. The lowest BCUT2D eigenvalue weighted by molar-refractivity contribution is -0.0836. The Balaban J connectivity index is 2.55. The van der Waals surface area contributed by atoms with E-state index in [9.17, 15) is 10.2 Å². The summed E-state index contributed by atoms with van der Waals surface area (Å²) in [4.78, 5) is 0. The zero-order valence-electron chi connectivity index (χ0n) is 8.40. The summed E-state index contributed by atoms with van der Waals surface area (Å²) in [5.41, 5.74) is -1.03. The second-order valence-electron chi connectivity index (χ2n) is 4.57. The van der Waals surface area contributed by atoms with E-state index >= 15 is 0 Å². The van der Waals surface area contributed by atoms with Gasteiger partial charge in [0.05, 0.1) is 18.3 Å². The predicted molar refractivity (Wildman–Crippen MR) is 50.2 cm³/mol. The van der Waals surface area contributed by atoms with Crippen molar-refractivity contribution in [1.29, 1.82) is 0 Å². The van der Waals surface area contributed by atoms with Crippen LogP contribution in [0.15, 0.2) is 0 Å². The molecule has 0 radical (unpaired) electrons. The van der Waals surface area contributed by atoms with Crippen molar-refractivity contribution >= 4 is 0 Å². The molecule has 1 fully saturated rings. The minimum Gasteiger partial charge on any atom is -0.393 e. The first-order valence-electron chi connectivity index (χ1n) is 4.98. The van der Waals surface area contributed by atoms with E-state index < -0.39 is 5.60 Å². The average Bonchev–Trinajstić information content (AvgIpc) is 2.09. The van der Waals surface area contributed by atoms with E-state index in [-0.39, 0.29) is 18.6 Å². The van der Waals surface area contributed by atoms with Gasteiger partial charge >= 0.3 is 0 Å². The van der Waals surface area contributed by atoms with E-state index in [4.69, 9.17) is 5.11 Å². The Hall–Kier alpha value is -0.120. The smallest absolute Gasteiger partial charge is 0.0878 e. The van der Waals surface area contributed by atoms with Crippen LogP contribution in [-0.2, 0) is 0 Å². The van der Waals surface area contributed by atoms with Crippen LogP contribution in [0.4, 0.5) is 0 Å². The summed E-state index contributed by atoms with van der Waals surface area (Å²) in [5.74, 6) is 0.356. The highest BCUT2D eigenvalue weighted by Gasteiger charge is 2.37. The maximum Gasteiger partial charge on any atom is 0.0878 e. The third kappa shape index (κ3) is 2.42. The molecule has 0 aliphatic heterocycles. The molecule has 0 unspecified atom stereocenters. The normalized spacial score (nSPS) is 39.9. The Morgan fingerprint density at radius 2 is 2.00 bits per heavy atom. The van der Waals surface area contributed by atoms with E-state index in [1.54, 1.807) is 6.92 Å². The fraction of sp³-hybridized carbons (Fsp3) is 1.00. The number of aliphatic hydroxyl groups is 3. The van der Waals surface area contributed by atoms with Crippen molar-refractivity contribution in [3.8, 4) is 0 Å². The molecule has 0 amide bonds. The van der Waals surface area contributed by atoms with Gasteiger partial charge in [0.1, 0.15) is 0 Å². The predicted octanol–water partition coefficient (Wildman–Crippen LogP) is 0.527. The Morgan fingerprint density at radius 3 is 2.46 bits per heavy atom. The van der Waals surface area contributed by atoms with E-state index in [1.165, 1.54) is 0 Å². The van der Waals surface area contributed by atoms with Gasteiger partial charge in [0.15, 0.2) is 0 Å². The number of hydrogen-bond donors (Lipinski definition) is 3. The van der Waals surface area contributed by atoms with Crippen molar-refractivity contribution in [3.63, 3.8) is 0 Å². The van der Waals surface area contributed by atoms with E-state index in [1.807, 2.05) is 6.92 Å². The largest absolute Gasteiger partial charge is 0.393 e. The molecule has 3 nitrogen and oxygen atoms in total. The quantitative estimate of drug-likeness (QED) is 0.592. The minimum absolute atomic E-state index is 0.0312. The standard InChI is InChI=1S/C10H20O3/c1-7-3-4-8(5-9(7)12)10(2,13)6-11/h7-9,11-13H,3-6H2,1-2H3/t7-,8-,9+,10+/m1/s1. The fourth-order valence-electron chi connectivity index (χ4n) is 1.99. The van der Waals surface area contributed by atoms with Gasteiger partial charge < -0.3 is 15.3 Å². The molecule has 1 rings (SSSR count). The molecular formula is C10H20O3. The molecule has 0 heterocycles. The van der Waals surface area contributed by atoms with Crippen molar-refractivity contribution in [2.75, 3.05) is 6.61 Å². The monoisotopic (exact) mass is 188 g/mol. The van der Waals surface area contributed by atoms with Gasteiger partial charge in [-0.15, -0.1) is 0 Å².